The Morgan fingerprint density at radius 1 is 1.26 bits per heavy atom. The van der Waals surface area contributed by atoms with Crippen molar-refractivity contribution < 1.29 is 8.42 Å². The van der Waals surface area contributed by atoms with Gasteiger partial charge in [-0.1, -0.05) is 46.0 Å². The molecule has 8 nitrogen and oxygen atoms in total. The van der Waals surface area contributed by atoms with E-state index in [0.29, 0.717) is 5.56 Å². The molecule has 122 valence electrons. The van der Waals surface area contributed by atoms with Gasteiger partial charge in [-0.3, -0.25) is 0 Å². The van der Waals surface area contributed by atoms with Gasteiger partial charge in [0.15, 0.2) is 5.15 Å². The fourth-order valence-electron chi connectivity index (χ4n) is 2.05. The summed E-state index contributed by atoms with van der Waals surface area (Å²) < 4.78 is 27.1. The first-order valence-corrected chi connectivity index (χ1v) is 8.30. The summed E-state index contributed by atoms with van der Waals surface area (Å²) in [6.45, 7) is 1.91. The van der Waals surface area contributed by atoms with Gasteiger partial charge in [0, 0.05) is 19.7 Å². The van der Waals surface area contributed by atoms with Crippen LogP contribution in [0.15, 0.2) is 24.3 Å². The molecule has 2 N–H and O–H groups in total. The lowest BCUT2D eigenvalue weighted by Gasteiger charge is -2.21. The van der Waals surface area contributed by atoms with Crippen molar-refractivity contribution in [1.29, 1.82) is 5.26 Å². The molecule has 0 aliphatic heterocycles. The fraction of sp³-hybridized carbons (Fsp3) is 0.231. The molecule has 0 unspecified atom stereocenters. The van der Waals surface area contributed by atoms with E-state index in [4.69, 9.17) is 11.6 Å². The minimum absolute atomic E-state index is 0.0684. The number of benzene rings is 1. The Kier molecular flexibility index (Phi) is 5.03. The Morgan fingerprint density at radius 2 is 1.83 bits per heavy atom. The first kappa shape index (κ1) is 17.4. The van der Waals surface area contributed by atoms with Gasteiger partial charge >= 0.3 is 10.2 Å². The van der Waals surface area contributed by atoms with Gasteiger partial charge in [-0.05, 0) is 6.92 Å². The summed E-state index contributed by atoms with van der Waals surface area (Å²) in [6, 6.07) is 8.82. The van der Waals surface area contributed by atoms with Crippen LogP contribution >= 0.6 is 11.6 Å². The number of hydrazine groups is 2. The number of hydrogen-bond donors (Lipinski definition) is 2. The van der Waals surface area contributed by atoms with Crippen LogP contribution < -0.4 is 10.9 Å². The van der Waals surface area contributed by atoms with Crippen LogP contribution in [-0.4, -0.2) is 36.0 Å². The molecule has 1 aromatic carbocycles. The molecule has 2 aromatic rings. The number of nitrogens with zero attached hydrogens (tertiary/aromatic N) is 4. The van der Waals surface area contributed by atoms with Crippen LogP contribution in [0.3, 0.4) is 0 Å². The summed E-state index contributed by atoms with van der Waals surface area (Å²) in [6.07, 6.45) is 0. The average molecular weight is 355 g/mol. The number of nitrogens with one attached hydrogen (secondary N) is 2. The van der Waals surface area contributed by atoms with Crippen LogP contribution in [0.5, 0.6) is 0 Å². The van der Waals surface area contributed by atoms with Gasteiger partial charge in [0.25, 0.3) is 0 Å². The van der Waals surface area contributed by atoms with Crippen LogP contribution in [0.25, 0.3) is 11.3 Å². The molecule has 1 aromatic heterocycles. The van der Waals surface area contributed by atoms with E-state index < -0.39 is 10.2 Å². The molecular formula is C13H15ClN6O2S. The SMILES string of the molecule is CNN(NC)S(=O)(=O)n1c(C#N)nc(Cl)c1-c1ccc(C)cc1. The first-order valence-electron chi connectivity index (χ1n) is 6.52. The average Bonchev–Trinajstić information content (AvgIpc) is 2.86. The molecule has 0 amide bonds. The zero-order valence-corrected chi connectivity index (χ0v) is 14.3. The maximum Gasteiger partial charge on any atom is 0.336 e. The van der Waals surface area contributed by atoms with Crippen molar-refractivity contribution in [3.63, 3.8) is 0 Å². The highest BCUT2D eigenvalue weighted by atomic mass is 35.5. The van der Waals surface area contributed by atoms with Crippen LogP contribution in [0.1, 0.15) is 11.4 Å². The standard InChI is InChI=1S/C13H15ClN6O2S/c1-9-4-6-10(7-5-9)12-13(14)18-11(8-15)19(12)23(21,22)20(16-2)17-3/h4-7,16-17H,1-3H3. The zero-order chi connectivity index (χ0) is 17.2. The van der Waals surface area contributed by atoms with Gasteiger partial charge in [-0.15, -0.1) is 0 Å². The van der Waals surface area contributed by atoms with E-state index in [-0.39, 0.29) is 16.7 Å². The van der Waals surface area contributed by atoms with Crippen LogP contribution in [0.4, 0.5) is 0 Å². The lowest BCUT2D eigenvalue weighted by Crippen LogP contribution is -2.50. The second-order valence-electron chi connectivity index (χ2n) is 4.54. The molecule has 0 saturated carbocycles. The summed E-state index contributed by atoms with van der Waals surface area (Å²) in [7, 11) is -1.31. The number of nitriles is 1. The van der Waals surface area contributed by atoms with Crippen molar-refractivity contribution in [2.75, 3.05) is 14.1 Å². The Balaban J connectivity index is 2.78. The van der Waals surface area contributed by atoms with Gasteiger partial charge in [0.1, 0.15) is 11.8 Å². The number of rotatable bonds is 5. The van der Waals surface area contributed by atoms with Crippen molar-refractivity contribution in [3.05, 3.63) is 40.8 Å². The molecule has 0 aliphatic rings. The van der Waals surface area contributed by atoms with Gasteiger partial charge in [0.2, 0.25) is 5.82 Å². The van der Waals surface area contributed by atoms with E-state index in [1.165, 1.54) is 14.1 Å². The maximum absolute atomic E-state index is 12.8. The molecular weight excluding hydrogens is 340 g/mol. The third kappa shape index (κ3) is 3.08. The summed E-state index contributed by atoms with van der Waals surface area (Å²) >= 11 is 6.09. The smallest absolute Gasteiger partial charge is 0.229 e. The fourth-order valence-corrected chi connectivity index (χ4v) is 3.72. The molecule has 10 heteroatoms. The van der Waals surface area contributed by atoms with E-state index in [1.54, 1.807) is 18.2 Å². The van der Waals surface area contributed by atoms with Crippen molar-refractivity contribution in [2.45, 2.75) is 6.92 Å². The lowest BCUT2D eigenvalue weighted by molar-refractivity contribution is 0.276. The second kappa shape index (κ2) is 6.66. The first-order chi connectivity index (χ1) is 10.9. The highest BCUT2D eigenvalue weighted by molar-refractivity contribution is 7.87. The number of imidazole rings is 1. The van der Waals surface area contributed by atoms with Crippen molar-refractivity contribution in [1.82, 2.24) is 24.3 Å². The minimum atomic E-state index is -4.15. The summed E-state index contributed by atoms with van der Waals surface area (Å²) in [5.74, 6) is -0.332. The molecule has 0 radical (unpaired) electrons. The predicted octanol–water partition coefficient (Wildman–Crippen LogP) is 1.05. The third-order valence-electron chi connectivity index (χ3n) is 3.09. The quantitative estimate of drug-likeness (QED) is 0.778. The monoisotopic (exact) mass is 354 g/mol. The van der Waals surface area contributed by atoms with Gasteiger partial charge < -0.3 is 0 Å². The number of hydrogen-bond acceptors (Lipinski definition) is 6. The lowest BCUT2D eigenvalue weighted by atomic mass is 10.1. The second-order valence-corrected chi connectivity index (χ2v) is 6.52. The Labute approximate surface area is 139 Å². The van der Waals surface area contributed by atoms with E-state index in [1.807, 2.05) is 19.1 Å². The normalized spacial score (nSPS) is 11.7. The molecule has 0 fully saturated rings. The predicted molar refractivity (Wildman–Crippen MR) is 86.4 cm³/mol. The highest BCUT2D eigenvalue weighted by Gasteiger charge is 2.31. The molecule has 23 heavy (non-hydrogen) atoms. The largest absolute Gasteiger partial charge is 0.336 e. The molecule has 1 heterocycles. The minimum Gasteiger partial charge on any atom is -0.229 e. The Morgan fingerprint density at radius 3 is 2.30 bits per heavy atom. The molecule has 2 rings (SSSR count). The van der Waals surface area contributed by atoms with Crippen molar-refractivity contribution >= 4 is 21.8 Å². The van der Waals surface area contributed by atoms with Gasteiger partial charge in [-0.25, -0.2) is 15.8 Å². The van der Waals surface area contributed by atoms with Crippen LogP contribution in [-0.2, 0) is 10.2 Å². The van der Waals surface area contributed by atoms with Crippen molar-refractivity contribution in [2.24, 2.45) is 0 Å². The maximum atomic E-state index is 12.8. The van der Waals surface area contributed by atoms with E-state index in [2.05, 4.69) is 15.8 Å². The summed E-state index contributed by atoms with van der Waals surface area (Å²) in [5, 5.41) is 9.15. The van der Waals surface area contributed by atoms with Gasteiger partial charge in [0.05, 0.1) is 0 Å². The van der Waals surface area contributed by atoms with E-state index in [0.717, 1.165) is 14.1 Å². The van der Waals surface area contributed by atoms with Crippen LogP contribution in [0, 0.1) is 18.3 Å². The Hall–Kier alpha value is -1.96. The summed E-state index contributed by atoms with van der Waals surface area (Å²) in [5.41, 5.74) is 6.61. The van der Waals surface area contributed by atoms with Crippen LogP contribution in [0.2, 0.25) is 5.15 Å². The molecule has 0 atom stereocenters. The Bertz CT molecular complexity index is 850. The number of aromatic nitrogens is 2. The number of halogens is 1. The third-order valence-corrected chi connectivity index (χ3v) is 4.99. The number of aryl methyl sites for hydroxylation is 1. The highest BCUT2D eigenvalue weighted by Crippen LogP contribution is 2.30. The van der Waals surface area contributed by atoms with E-state index >= 15 is 0 Å². The zero-order valence-electron chi connectivity index (χ0n) is 12.7. The topological polar surface area (TPSA) is 103 Å². The van der Waals surface area contributed by atoms with E-state index in [9.17, 15) is 13.7 Å². The van der Waals surface area contributed by atoms with Gasteiger partial charge in [-0.2, -0.15) is 17.7 Å². The molecule has 0 spiro atoms. The molecule has 0 aliphatic carbocycles. The molecule has 0 saturated heterocycles. The molecule has 0 bridgehead atoms. The van der Waals surface area contributed by atoms with Crippen molar-refractivity contribution in [3.8, 4) is 17.3 Å². The summed E-state index contributed by atoms with van der Waals surface area (Å²) in [4.78, 5) is 3.85.